The van der Waals surface area contributed by atoms with Gasteiger partial charge in [-0.05, 0) is 19.3 Å². The maximum absolute atomic E-state index is 11.2. The summed E-state index contributed by atoms with van der Waals surface area (Å²) in [6, 6.07) is 1.42. The zero-order valence-corrected chi connectivity index (χ0v) is 9.72. The summed E-state index contributed by atoms with van der Waals surface area (Å²) in [4.78, 5) is 13.2. The third kappa shape index (κ3) is 2.46. The van der Waals surface area contributed by atoms with Crippen molar-refractivity contribution in [2.45, 2.75) is 19.3 Å². The number of ether oxygens (including phenoxy) is 1. The van der Waals surface area contributed by atoms with Gasteiger partial charge in [-0.25, -0.2) is 4.79 Å². The van der Waals surface area contributed by atoms with Crippen molar-refractivity contribution in [3.8, 4) is 5.88 Å². The molecule has 1 aliphatic heterocycles. The molecule has 1 N–H and O–H groups in total. The summed E-state index contributed by atoms with van der Waals surface area (Å²) in [5.74, 6) is -0.333. The van der Waals surface area contributed by atoms with Gasteiger partial charge in [0.25, 0.3) is 0 Å². The first-order valence-electron chi connectivity index (χ1n) is 5.62. The fourth-order valence-corrected chi connectivity index (χ4v) is 1.96. The summed E-state index contributed by atoms with van der Waals surface area (Å²) in [5, 5.41) is 17.0. The van der Waals surface area contributed by atoms with E-state index in [0.717, 1.165) is 25.9 Å². The van der Waals surface area contributed by atoms with Crippen molar-refractivity contribution >= 4 is 11.8 Å². The van der Waals surface area contributed by atoms with Crippen LogP contribution in [0.15, 0.2) is 6.07 Å². The summed E-state index contributed by atoms with van der Waals surface area (Å²) in [5.41, 5.74) is 0.152. The number of carboxylic acid groups (broad SMARTS) is 1. The molecule has 1 saturated heterocycles. The predicted octanol–water partition coefficient (Wildman–Crippen LogP) is 1.17. The summed E-state index contributed by atoms with van der Waals surface area (Å²) in [6.07, 6.45) is 3.31. The predicted molar refractivity (Wildman–Crippen MR) is 61.6 cm³/mol. The monoisotopic (exact) mass is 237 g/mol. The second kappa shape index (κ2) is 4.99. The second-order valence-electron chi connectivity index (χ2n) is 3.98. The lowest BCUT2D eigenvalue weighted by molar-refractivity contribution is 0.0696. The Morgan fingerprint density at radius 2 is 2.06 bits per heavy atom. The Morgan fingerprint density at radius 1 is 1.35 bits per heavy atom. The number of piperidine rings is 1. The minimum atomic E-state index is -1.00. The minimum absolute atomic E-state index is 0.152. The molecule has 0 spiro atoms. The zero-order valence-electron chi connectivity index (χ0n) is 9.72. The van der Waals surface area contributed by atoms with Gasteiger partial charge in [-0.15, -0.1) is 10.2 Å². The van der Waals surface area contributed by atoms with Crippen molar-refractivity contribution in [1.29, 1.82) is 0 Å². The minimum Gasteiger partial charge on any atom is -0.480 e. The standard InChI is InChI=1S/C11H15N3O3/c1-17-9-7-8(11(15)16)10(13-12-9)14-5-3-2-4-6-14/h7H,2-6H2,1H3,(H,15,16). The third-order valence-corrected chi connectivity index (χ3v) is 2.85. The number of carbonyl (C=O) groups is 1. The number of carboxylic acids is 1. The van der Waals surface area contributed by atoms with Crippen LogP contribution in [0, 0.1) is 0 Å². The van der Waals surface area contributed by atoms with Crippen molar-refractivity contribution in [2.24, 2.45) is 0 Å². The Balaban J connectivity index is 2.34. The lowest BCUT2D eigenvalue weighted by Crippen LogP contribution is -2.32. The number of hydrogen-bond donors (Lipinski definition) is 1. The van der Waals surface area contributed by atoms with Crippen molar-refractivity contribution < 1.29 is 14.6 Å². The Labute approximate surface area is 99.2 Å². The molecule has 1 fully saturated rings. The molecule has 0 aromatic carbocycles. The molecule has 1 aliphatic rings. The molecular weight excluding hydrogens is 222 g/mol. The Bertz CT molecular complexity index is 416. The molecular formula is C11H15N3O3. The van der Waals surface area contributed by atoms with Gasteiger partial charge in [0.05, 0.1) is 7.11 Å². The van der Waals surface area contributed by atoms with E-state index in [1.165, 1.54) is 19.6 Å². The quantitative estimate of drug-likeness (QED) is 0.850. The zero-order chi connectivity index (χ0) is 12.3. The van der Waals surface area contributed by atoms with Gasteiger partial charge in [0.1, 0.15) is 5.56 Å². The number of methoxy groups -OCH3 is 1. The SMILES string of the molecule is COc1cc(C(=O)O)c(N2CCCCC2)nn1. The van der Waals surface area contributed by atoms with E-state index in [0.29, 0.717) is 5.82 Å². The van der Waals surface area contributed by atoms with Gasteiger partial charge in [-0.2, -0.15) is 0 Å². The van der Waals surface area contributed by atoms with Gasteiger partial charge < -0.3 is 14.7 Å². The second-order valence-corrected chi connectivity index (χ2v) is 3.98. The smallest absolute Gasteiger partial charge is 0.339 e. The van der Waals surface area contributed by atoms with Gasteiger partial charge in [-0.1, -0.05) is 0 Å². The van der Waals surface area contributed by atoms with Gasteiger partial charge >= 0.3 is 5.97 Å². The van der Waals surface area contributed by atoms with E-state index in [1.54, 1.807) is 0 Å². The molecule has 0 radical (unpaired) electrons. The summed E-state index contributed by atoms with van der Waals surface area (Å²) in [6.45, 7) is 1.67. The van der Waals surface area contributed by atoms with Crippen LogP contribution in [0.5, 0.6) is 5.88 Å². The number of nitrogens with zero attached hydrogens (tertiary/aromatic N) is 3. The molecule has 0 unspecified atom stereocenters. The number of hydrogen-bond acceptors (Lipinski definition) is 5. The maximum atomic E-state index is 11.2. The fraction of sp³-hybridized carbons (Fsp3) is 0.545. The van der Waals surface area contributed by atoms with Gasteiger partial charge in [0, 0.05) is 19.2 Å². The molecule has 17 heavy (non-hydrogen) atoms. The number of rotatable bonds is 3. The van der Waals surface area contributed by atoms with Crippen LogP contribution in [0.25, 0.3) is 0 Å². The summed E-state index contributed by atoms with van der Waals surface area (Å²) < 4.78 is 4.89. The highest BCUT2D eigenvalue weighted by atomic mass is 16.5. The third-order valence-electron chi connectivity index (χ3n) is 2.85. The molecule has 0 amide bonds. The van der Waals surface area contributed by atoms with E-state index in [9.17, 15) is 4.79 Å². The van der Waals surface area contributed by atoms with Crippen molar-refractivity contribution in [2.75, 3.05) is 25.1 Å². The average molecular weight is 237 g/mol. The van der Waals surface area contributed by atoms with Crippen LogP contribution in [-0.2, 0) is 0 Å². The van der Waals surface area contributed by atoms with E-state index >= 15 is 0 Å². The highest BCUT2D eigenvalue weighted by molar-refractivity contribution is 5.93. The van der Waals surface area contributed by atoms with Gasteiger partial charge in [0.2, 0.25) is 5.88 Å². The molecule has 2 rings (SSSR count). The first-order valence-corrected chi connectivity index (χ1v) is 5.62. The summed E-state index contributed by atoms with van der Waals surface area (Å²) in [7, 11) is 1.44. The lowest BCUT2D eigenvalue weighted by Gasteiger charge is -2.28. The van der Waals surface area contributed by atoms with Gasteiger partial charge in [-0.3, -0.25) is 0 Å². The van der Waals surface area contributed by atoms with E-state index in [4.69, 9.17) is 9.84 Å². The Hall–Kier alpha value is -1.85. The number of aromatic nitrogens is 2. The highest BCUT2D eigenvalue weighted by Crippen LogP contribution is 2.23. The van der Waals surface area contributed by atoms with E-state index in [2.05, 4.69) is 10.2 Å². The van der Waals surface area contributed by atoms with Crippen LogP contribution >= 0.6 is 0 Å². The van der Waals surface area contributed by atoms with Crippen molar-refractivity contribution in [3.63, 3.8) is 0 Å². The lowest BCUT2D eigenvalue weighted by atomic mass is 10.1. The maximum Gasteiger partial charge on any atom is 0.339 e. The highest BCUT2D eigenvalue weighted by Gasteiger charge is 2.21. The average Bonchev–Trinajstić information content (AvgIpc) is 2.39. The van der Waals surface area contributed by atoms with Crippen LogP contribution in [-0.4, -0.2) is 41.5 Å². The number of aromatic carboxylic acids is 1. The van der Waals surface area contributed by atoms with Gasteiger partial charge in [0.15, 0.2) is 5.82 Å². The van der Waals surface area contributed by atoms with Crippen LogP contribution < -0.4 is 9.64 Å². The van der Waals surface area contributed by atoms with Crippen LogP contribution in [0.2, 0.25) is 0 Å². The van der Waals surface area contributed by atoms with Crippen molar-refractivity contribution in [1.82, 2.24) is 10.2 Å². The first kappa shape index (κ1) is 11.6. The van der Waals surface area contributed by atoms with E-state index < -0.39 is 5.97 Å². The van der Waals surface area contributed by atoms with Crippen LogP contribution in [0.3, 0.4) is 0 Å². The van der Waals surface area contributed by atoms with Crippen LogP contribution in [0.1, 0.15) is 29.6 Å². The Morgan fingerprint density at radius 3 is 2.65 bits per heavy atom. The van der Waals surface area contributed by atoms with Crippen molar-refractivity contribution in [3.05, 3.63) is 11.6 Å². The molecule has 2 heterocycles. The van der Waals surface area contributed by atoms with E-state index in [1.807, 2.05) is 4.90 Å². The van der Waals surface area contributed by atoms with Crippen LogP contribution in [0.4, 0.5) is 5.82 Å². The molecule has 0 saturated carbocycles. The normalized spacial score (nSPS) is 15.7. The Kier molecular flexibility index (Phi) is 3.41. The number of anilines is 1. The molecule has 0 aliphatic carbocycles. The molecule has 6 heteroatoms. The van der Waals surface area contributed by atoms with E-state index in [-0.39, 0.29) is 11.4 Å². The summed E-state index contributed by atoms with van der Waals surface area (Å²) >= 11 is 0. The largest absolute Gasteiger partial charge is 0.480 e. The first-order chi connectivity index (χ1) is 8.22. The molecule has 1 aromatic heterocycles. The molecule has 0 bridgehead atoms. The molecule has 92 valence electrons. The molecule has 0 atom stereocenters. The molecule has 1 aromatic rings. The fourth-order valence-electron chi connectivity index (χ4n) is 1.96. The molecule has 6 nitrogen and oxygen atoms in total. The topological polar surface area (TPSA) is 75.6 Å².